The SMILES string of the molecule is CC(=N)N1CCN(c2nc3ccccc3s2)CC1. The molecule has 1 saturated heterocycles. The molecule has 3 rings (SSSR count). The molecule has 1 aromatic heterocycles. The van der Waals surface area contributed by atoms with Crippen molar-refractivity contribution in [1.82, 2.24) is 9.88 Å². The second-order valence-electron chi connectivity index (χ2n) is 4.52. The number of piperazine rings is 1. The first-order valence-corrected chi connectivity index (χ1v) is 6.96. The molecule has 1 aliphatic rings. The molecule has 0 bridgehead atoms. The lowest BCUT2D eigenvalue weighted by Gasteiger charge is -2.35. The second-order valence-corrected chi connectivity index (χ2v) is 5.53. The molecule has 2 aromatic rings. The molecule has 5 heteroatoms. The largest absolute Gasteiger partial charge is 0.357 e. The third-order valence-electron chi connectivity index (χ3n) is 3.31. The lowest BCUT2D eigenvalue weighted by Crippen LogP contribution is -2.47. The first-order valence-electron chi connectivity index (χ1n) is 6.14. The predicted octanol–water partition coefficient (Wildman–Crippen LogP) is 2.42. The van der Waals surface area contributed by atoms with Gasteiger partial charge < -0.3 is 9.80 Å². The van der Waals surface area contributed by atoms with E-state index < -0.39 is 0 Å². The summed E-state index contributed by atoms with van der Waals surface area (Å²) in [5.74, 6) is 0.666. The van der Waals surface area contributed by atoms with Gasteiger partial charge in [0.15, 0.2) is 5.13 Å². The van der Waals surface area contributed by atoms with Gasteiger partial charge in [0, 0.05) is 26.2 Å². The van der Waals surface area contributed by atoms with Gasteiger partial charge in [-0.3, -0.25) is 5.41 Å². The Hall–Kier alpha value is -1.62. The Morgan fingerprint density at radius 3 is 2.61 bits per heavy atom. The Balaban J connectivity index is 1.78. The number of thiazole rings is 1. The topological polar surface area (TPSA) is 43.2 Å². The summed E-state index contributed by atoms with van der Waals surface area (Å²) < 4.78 is 1.25. The van der Waals surface area contributed by atoms with E-state index in [0.717, 1.165) is 36.8 Å². The van der Waals surface area contributed by atoms with Crippen LogP contribution in [0.4, 0.5) is 5.13 Å². The van der Waals surface area contributed by atoms with Crippen LogP contribution in [0.5, 0.6) is 0 Å². The van der Waals surface area contributed by atoms with E-state index in [1.54, 1.807) is 11.3 Å². The molecule has 0 amide bonds. The number of benzene rings is 1. The highest BCUT2D eigenvalue weighted by Crippen LogP contribution is 2.28. The molecular weight excluding hydrogens is 244 g/mol. The van der Waals surface area contributed by atoms with Crippen molar-refractivity contribution in [3.63, 3.8) is 0 Å². The standard InChI is InChI=1S/C13H16N4S/c1-10(14)16-6-8-17(9-7-16)13-15-11-4-2-3-5-12(11)18-13/h2-5,14H,6-9H2,1H3. The van der Waals surface area contributed by atoms with Crippen molar-refractivity contribution in [1.29, 1.82) is 5.41 Å². The fraction of sp³-hybridized carbons (Fsp3) is 0.385. The van der Waals surface area contributed by atoms with Crippen LogP contribution in [0.2, 0.25) is 0 Å². The van der Waals surface area contributed by atoms with Gasteiger partial charge in [-0.1, -0.05) is 23.5 Å². The number of amidine groups is 1. The number of anilines is 1. The maximum atomic E-state index is 7.64. The fourth-order valence-corrected chi connectivity index (χ4v) is 3.25. The average molecular weight is 260 g/mol. The molecule has 1 N–H and O–H groups in total. The van der Waals surface area contributed by atoms with E-state index in [4.69, 9.17) is 5.41 Å². The maximum Gasteiger partial charge on any atom is 0.186 e. The van der Waals surface area contributed by atoms with E-state index in [-0.39, 0.29) is 0 Å². The number of rotatable bonds is 1. The van der Waals surface area contributed by atoms with Crippen molar-refractivity contribution in [3.8, 4) is 0 Å². The molecular formula is C13H16N4S. The van der Waals surface area contributed by atoms with Gasteiger partial charge in [-0.05, 0) is 19.1 Å². The van der Waals surface area contributed by atoms with Crippen LogP contribution in [0.1, 0.15) is 6.92 Å². The summed E-state index contributed by atoms with van der Waals surface area (Å²) in [6, 6.07) is 8.27. The van der Waals surface area contributed by atoms with E-state index in [2.05, 4.69) is 33.0 Å². The second kappa shape index (κ2) is 4.57. The van der Waals surface area contributed by atoms with Crippen LogP contribution >= 0.6 is 11.3 Å². The zero-order valence-corrected chi connectivity index (χ0v) is 11.2. The molecule has 4 nitrogen and oxygen atoms in total. The van der Waals surface area contributed by atoms with Gasteiger partial charge in [0.2, 0.25) is 0 Å². The summed E-state index contributed by atoms with van der Waals surface area (Å²) in [4.78, 5) is 9.12. The zero-order valence-electron chi connectivity index (χ0n) is 10.4. The van der Waals surface area contributed by atoms with E-state index in [9.17, 15) is 0 Å². The Labute approximate surface area is 110 Å². The normalized spacial score (nSPS) is 16.3. The summed E-state index contributed by atoms with van der Waals surface area (Å²) in [6.07, 6.45) is 0. The van der Waals surface area contributed by atoms with Crippen LogP contribution in [0.3, 0.4) is 0 Å². The summed E-state index contributed by atoms with van der Waals surface area (Å²) in [5, 5.41) is 8.75. The third-order valence-corrected chi connectivity index (χ3v) is 4.40. The van der Waals surface area contributed by atoms with Crippen LogP contribution in [0.25, 0.3) is 10.2 Å². The van der Waals surface area contributed by atoms with E-state index in [0.29, 0.717) is 5.84 Å². The van der Waals surface area contributed by atoms with Crippen molar-refractivity contribution in [2.45, 2.75) is 6.92 Å². The number of nitrogens with one attached hydrogen (secondary N) is 1. The van der Waals surface area contributed by atoms with Crippen LogP contribution in [0, 0.1) is 5.41 Å². The maximum absolute atomic E-state index is 7.64. The fourth-order valence-electron chi connectivity index (χ4n) is 2.23. The Bertz CT molecular complexity index is 536. The number of aromatic nitrogens is 1. The highest BCUT2D eigenvalue weighted by Gasteiger charge is 2.19. The van der Waals surface area contributed by atoms with Gasteiger partial charge >= 0.3 is 0 Å². The van der Waals surface area contributed by atoms with Crippen molar-refractivity contribution in [2.24, 2.45) is 0 Å². The minimum Gasteiger partial charge on any atom is -0.357 e. The molecule has 0 saturated carbocycles. The number of para-hydroxylation sites is 1. The monoisotopic (exact) mass is 260 g/mol. The van der Waals surface area contributed by atoms with Gasteiger partial charge in [0.05, 0.1) is 16.1 Å². The number of nitrogens with zero attached hydrogens (tertiary/aromatic N) is 3. The van der Waals surface area contributed by atoms with Gasteiger partial charge in [-0.25, -0.2) is 4.98 Å². The van der Waals surface area contributed by atoms with Gasteiger partial charge in [-0.2, -0.15) is 0 Å². The van der Waals surface area contributed by atoms with Crippen LogP contribution in [-0.4, -0.2) is 41.9 Å². The molecule has 18 heavy (non-hydrogen) atoms. The number of fused-ring (bicyclic) bond motifs is 1. The molecule has 0 spiro atoms. The Kier molecular flexibility index (Phi) is 2.91. The molecule has 1 fully saturated rings. The number of hydrogen-bond acceptors (Lipinski definition) is 4. The first-order chi connectivity index (χ1) is 8.74. The van der Waals surface area contributed by atoms with Gasteiger partial charge in [0.25, 0.3) is 0 Å². The Morgan fingerprint density at radius 1 is 1.22 bits per heavy atom. The minimum atomic E-state index is 0.666. The van der Waals surface area contributed by atoms with E-state index in [1.807, 2.05) is 13.0 Å². The van der Waals surface area contributed by atoms with E-state index in [1.165, 1.54) is 4.70 Å². The molecule has 0 unspecified atom stereocenters. The summed E-state index contributed by atoms with van der Waals surface area (Å²) in [5.41, 5.74) is 1.09. The van der Waals surface area contributed by atoms with Crippen LogP contribution in [0.15, 0.2) is 24.3 Å². The van der Waals surface area contributed by atoms with Gasteiger partial charge in [-0.15, -0.1) is 0 Å². The highest BCUT2D eigenvalue weighted by molar-refractivity contribution is 7.22. The van der Waals surface area contributed by atoms with Crippen molar-refractivity contribution < 1.29 is 0 Å². The van der Waals surface area contributed by atoms with Crippen LogP contribution in [-0.2, 0) is 0 Å². The highest BCUT2D eigenvalue weighted by atomic mass is 32.1. The molecule has 0 aliphatic carbocycles. The van der Waals surface area contributed by atoms with Gasteiger partial charge in [0.1, 0.15) is 0 Å². The molecule has 94 valence electrons. The lowest BCUT2D eigenvalue weighted by molar-refractivity contribution is 0.381. The van der Waals surface area contributed by atoms with Crippen molar-refractivity contribution >= 4 is 32.5 Å². The quantitative estimate of drug-likeness (QED) is 0.632. The molecule has 0 radical (unpaired) electrons. The lowest BCUT2D eigenvalue weighted by atomic mass is 10.3. The smallest absolute Gasteiger partial charge is 0.186 e. The predicted molar refractivity (Wildman–Crippen MR) is 76.8 cm³/mol. The van der Waals surface area contributed by atoms with Crippen molar-refractivity contribution in [3.05, 3.63) is 24.3 Å². The summed E-state index contributed by atoms with van der Waals surface area (Å²) in [7, 11) is 0. The summed E-state index contributed by atoms with van der Waals surface area (Å²) >= 11 is 1.76. The number of hydrogen-bond donors (Lipinski definition) is 1. The minimum absolute atomic E-state index is 0.666. The summed E-state index contributed by atoms with van der Waals surface area (Å²) in [6.45, 7) is 5.61. The van der Waals surface area contributed by atoms with Crippen LogP contribution < -0.4 is 4.90 Å². The average Bonchev–Trinajstić information content (AvgIpc) is 2.82. The molecule has 0 atom stereocenters. The molecule has 1 aliphatic heterocycles. The first kappa shape index (κ1) is 11.5. The Morgan fingerprint density at radius 2 is 1.94 bits per heavy atom. The zero-order chi connectivity index (χ0) is 12.5. The third kappa shape index (κ3) is 2.06. The van der Waals surface area contributed by atoms with Crippen molar-refractivity contribution in [2.75, 3.05) is 31.1 Å². The van der Waals surface area contributed by atoms with E-state index >= 15 is 0 Å². The molecule has 2 heterocycles. The molecule has 1 aromatic carbocycles.